The number of nitrogens with zero attached hydrogens (tertiary/aromatic N) is 4. The molecule has 96 valence electrons. The van der Waals surface area contributed by atoms with Crippen molar-refractivity contribution in [1.29, 1.82) is 0 Å². The first kappa shape index (κ1) is 11.5. The summed E-state index contributed by atoms with van der Waals surface area (Å²) in [5.41, 5.74) is 9.70. The Labute approximate surface area is 111 Å². The Bertz CT molecular complexity index is 709. The number of aromatic nitrogens is 4. The highest BCUT2D eigenvalue weighted by atomic mass is 15.4. The molecular weight excluding hydrogens is 238 g/mol. The van der Waals surface area contributed by atoms with E-state index < -0.39 is 0 Å². The average molecular weight is 253 g/mol. The minimum Gasteiger partial charge on any atom is -0.394 e. The Hall–Kier alpha value is -2.56. The summed E-state index contributed by atoms with van der Waals surface area (Å²) >= 11 is 0. The van der Waals surface area contributed by atoms with E-state index in [1.165, 1.54) is 0 Å². The summed E-state index contributed by atoms with van der Waals surface area (Å²) in [6.07, 6.45) is 3.79. The highest BCUT2D eigenvalue weighted by Gasteiger charge is 2.13. The lowest BCUT2D eigenvalue weighted by atomic mass is 10.1. The van der Waals surface area contributed by atoms with Crippen LogP contribution in [-0.4, -0.2) is 19.6 Å². The van der Waals surface area contributed by atoms with Gasteiger partial charge in [0.2, 0.25) is 0 Å². The predicted octanol–water partition coefficient (Wildman–Crippen LogP) is 2.16. The molecule has 0 bridgehead atoms. The van der Waals surface area contributed by atoms with Crippen molar-refractivity contribution in [1.82, 2.24) is 19.6 Å². The van der Waals surface area contributed by atoms with Gasteiger partial charge in [0.15, 0.2) is 5.82 Å². The van der Waals surface area contributed by atoms with Crippen LogP contribution in [0.25, 0.3) is 16.9 Å². The third-order valence-electron chi connectivity index (χ3n) is 3.14. The van der Waals surface area contributed by atoms with E-state index >= 15 is 0 Å². The fourth-order valence-corrected chi connectivity index (χ4v) is 2.15. The van der Waals surface area contributed by atoms with E-state index in [1.54, 1.807) is 9.36 Å². The first-order valence-electron chi connectivity index (χ1n) is 6.06. The smallest absolute Gasteiger partial charge is 0.175 e. The molecule has 0 aliphatic rings. The molecule has 19 heavy (non-hydrogen) atoms. The maximum atomic E-state index is 6.04. The Morgan fingerprint density at radius 3 is 2.47 bits per heavy atom. The van der Waals surface area contributed by atoms with Crippen molar-refractivity contribution in [3.8, 4) is 16.9 Å². The lowest BCUT2D eigenvalue weighted by Crippen LogP contribution is -2.05. The second kappa shape index (κ2) is 4.28. The van der Waals surface area contributed by atoms with Gasteiger partial charge < -0.3 is 5.73 Å². The Morgan fingerprint density at radius 2 is 1.84 bits per heavy atom. The minimum absolute atomic E-state index is 0.658. The molecule has 5 nitrogen and oxygen atoms in total. The van der Waals surface area contributed by atoms with E-state index in [2.05, 4.69) is 22.3 Å². The summed E-state index contributed by atoms with van der Waals surface area (Å²) in [7, 11) is 1.86. The largest absolute Gasteiger partial charge is 0.394 e. The van der Waals surface area contributed by atoms with Crippen molar-refractivity contribution < 1.29 is 0 Å². The van der Waals surface area contributed by atoms with Gasteiger partial charge >= 0.3 is 0 Å². The van der Waals surface area contributed by atoms with Gasteiger partial charge in [-0.25, -0.2) is 9.36 Å². The zero-order valence-corrected chi connectivity index (χ0v) is 10.9. The first-order chi connectivity index (χ1) is 9.16. The van der Waals surface area contributed by atoms with E-state index in [4.69, 9.17) is 5.73 Å². The lowest BCUT2D eigenvalue weighted by Gasteiger charge is -2.02. The van der Waals surface area contributed by atoms with Crippen LogP contribution in [-0.2, 0) is 7.05 Å². The molecule has 1 aromatic carbocycles. The molecule has 0 amide bonds. The van der Waals surface area contributed by atoms with Crippen LogP contribution < -0.4 is 5.73 Å². The Morgan fingerprint density at radius 1 is 1.11 bits per heavy atom. The van der Waals surface area contributed by atoms with Gasteiger partial charge in [0.25, 0.3) is 0 Å². The van der Waals surface area contributed by atoms with Gasteiger partial charge in [-0.15, -0.1) is 0 Å². The number of hydrogen-bond acceptors (Lipinski definition) is 3. The number of anilines is 1. The monoisotopic (exact) mass is 253 g/mol. The third-order valence-corrected chi connectivity index (χ3v) is 3.14. The van der Waals surface area contributed by atoms with Crippen molar-refractivity contribution in [2.45, 2.75) is 6.92 Å². The van der Waals surface area contributed by atoms with Crippen LogP contribution in [0.4, 0.5) is 5.69 Å². The molecule has 0 aliphatic carbocycles. The molecule has 0 spiro atoms. The number of nitrogen functional groups attached to an aromatic ring is 1. The van der Waals surface area contributed by atoms with Crippen LogP contribution in [0.3, 0.4) is 0 Å². The second-order valence-electron chi connectivity index (χ2n) is 4.49. The Kier molecular flexibility index (Phi) is 2.59. The van der Waals surface area contributed by atoms with E-state index in [1.807, 2.05) is 44.6 Å². The van der Waals surface area contributed by atoms with Gasteiger partial charge in [-0.1, -0.05) is 30.3 Å². The van der Waals surface area contributed by atoms with E-state index in [0.29, 0.717) is 5.69 Å². The van der Waals surface area contributed by atoms with Crippen LogP contribution in [0.1, 0.15) is 5.69 Å². The number of benzene rings is 1. The molecule has 0 saturated heterocycles. The summed E-state index contributed by atoms with van der Waals surface area (Å²) in [5, 5.41) is 8.67. The fraction of sp³-hybridized carbons (Fsp3) is 0.143. The number of rotatable bonds is 2. The molecule has 0 radical (unpaired) electrons. The van der Waals surface area contributed by atoms with Crippen molar-refractivity contribution in [3.63, 3.8) is 0 Å². The topological polar surface area (TPSA) is 61.7 Å². The predicted molar refractivity (Wildman–Crippen MR) is 74.9 cm³/mol. The molecule has 0 atom stereocenters. The second-order valence-corrected chi connectivity index (χ2v) is 4.49. The average Bonchev–Trinajstić information content (AvgIpc) is 2.97. The molecule has 0 saturated carbocycles. The van der Waals surface area contributed by atoms with Gasteiger partial charge in [-0.2, -0.15) is 10.2 Å². The van der Waals surface area contributed by atoms with Crippen LogP contribution in [0.2, 0.25) is 0 Å². The molecule has 2 aromatic heterocycles. The van der Waals surface area contributed by atoms with Crippen molar-refractivity contribution in [2.24, 2.45) is 7.05 Å². The van der Waals surface area contributed by atoms with E-state index in [-0.39, 0.29) is 0 Å². The van der Waals surface area contributed by atoms with E-state index in [9.17, 15) is 0 Å². The zero-order valence-electron chi connectivity index (χ0n) is 10.9. The number of aryl methyl sites for hydroxylation is 2. The standard InChI is InChI=1S/C14H15N5/c1-10-13(15)14(18(2)17-10)19-9-12(8-16-19)11-6-4-3-5-7-11/h3-9H,15H2,1-2H3. The SMILES string of the molecule is Cc1nn(C)c(-n2cc(-c3ccccc3)cn2)c1N. The van der Waals surface area contributed by atoms with Gasteiger partial charge in [-0.05, 0) is 12.5 Å². The van der Waals surface area contributed by atoms with Crippen molar-refractivity contribution in [3.05, 3.63) is 48.4 Å². The van der Waals surface area contributed by atoms with E-state index in [0.717, 1.165) is 22.6 Å². The lowest BCUT2D eigenvalue weighted by molar-refractivity contribution is 0.694. The molecule has 2 heterocycles. The first-order valence-corrected chi connectivity index (χ1v) is 6.06. The molecule has 2 N–H and O–H groups in total. The van der Waals surface area contributed by atoms with Crippen LogP contribution in [0.15, 0.2) is 42.7 Å². The van der Waals surface area contributed by atoms with Gasteiger partial charge in [-0.3, -0.25) is 0 Å². The highest BCUT2D eigenvalue weighted by Crippen LogP contribution is 2.23. The Balaban J connectivity index is 2.07. The maximum absolute atomic E-state index is 6.04. The summed E-state index contributed by atoms with van der Waals surface area (Å²) in [5.74, 6) is 0.791. The van der Waals surface area contributed by atoms with Gasteiger partial charge in [0.1, 0.15) is 0 Å². The van der Waals surface area contributed by atoms with Crippen LogP contribution in [0, 0.1) is 6.92 Å². The van der Waals surface area contributed by atoms with Crippen molar-refractivity contribution >= 4 is 5.69 Å². The summed E-state index contributed by atoms with van der Waals surface area (Å²) in [6.45, 7) is 1.89. The number of nitrogens with two attached hydrogens (primary N) is 1. The van der Waals surface area contributed by atoms with Crippen LogP contribution >= 0.6 is 0 Å². The maximum Gasteiger partial charge on any atom is 0.175 e. The third kappa shape index (κ3) is 1.89. The summed E-state index contributed by atoms with van der Waals surface area (Å²) < 4.78 is 3.50. The molecule has 5 heteroatoms. The zero-order chi connectivity index (χ0) is 13.4. The summed E-state index contributed by atoms with van der Waals surface area (Å²) in [6, 6.07) is 10.1. The fourth-order valence-electron chi connectivity index (χ4n) is 2.15. The molecule has 0 unspecified atom stereocenters. The summed E-state index contributed by atoms with van der Waals surface area (Å²) in [4.78, 5) is 0. The molecule has 3 rings (SSSR count). The van der Waals surface area contributed by atoms with Gasteiger partial charge in [0, 0.05) is 18.8 Å². The quantitative estimate of drug-likeness (QED) is 0.761. The van der Waals surface area contributed by atoms with Crippen LogP contribution in [0.5, 0.6) is 0 Å². The highest BCUT2D eigenvalue weighted by molar-refractivity contribution is 5.63. The normalized spacial score (nSPS) is 10.8. The number of hydrogen-bond donors (Lipinski definition) is 1. The van der Waals surface area contributed by atoms with Gasteiger partial charge in [0.05, 0.1) is 17.6 Å². The van der Waals surface area contributed by atoms with Crippen molar-refractivity contribution in [2.75, 3.05) is 5.73 Å². The molecule has 3 aromatic rings. The molecule has 0 fully saturated rings. The molecule has 0 aliphatic heterocycles. The molecular formula is C14H15N5. The minimum atomic E-state index is 0.658.